The van der Waals surface area contributed by atoms with Gasteiger partial charge in [0.05, 0.1) is 0 Å². The van der Waals surface area contributed by atoms with E-state index in [1.54, 1.807) is 0 Å². The van der Waals surface area contributed by atoms with E-state index in [1.165, 1.54) is 11.1 Å². The van der Waals surface area contributed by atoms with Gasteiger partial charge in [-0.3, -0.25) is 9.69 Å². The van der Waals surface area contributed by atoms with Crippen molar-refractivity contribution in [2.24, 2.45) is 0 Å². The van der Waals surface area contributed by atoms with Gasteiger partial charge in [0, 0.05) is 19.5 Å². The van der Waals surface area contributed by atoms with Crippen molar-refractivity contribution in [2.45, 2.75) is 31.8 Å². The molecule has 1 heterocycles. The van der Waals surface area contributed by atoms with Gasteiger partial charge in [-0.05, 0) is 49.1 Å². The molecule has 0 aromatic heterocycles. The topological polar surface area (TPSA) is 49.8 Å². The van der Waals surface area contributed by atoms with Crippen LogP contribution in [0.3, 0.4) is 0 Å². The smallest absolute Gasteiger partial charge is 0.303 e. The number of nitrogens with zero attached hydrogens (tertiary/aromatic N) is 1. The lowest BCUT2D eigenvalue weighted by molar-refractivity contribution is -0.137. The van der Waals surface area contributed by atoms with Crippen molar-refractivity contribution in [3.05, 3.63) is 65.7 Å². The number of halogens is 1. The van der Waals surface area contributed by atoms with Gasteiger partial charge in [0.15, 0.2) is 0 Å². The van der Waals surface area contributed by atoms with E-state index in [1.807, 2.05) is 18.2 Å². The number of carboxylic acid groups (broad SMARTS) is 1. The summed E-state index contributed by atoms with van der Waals surface area (Å²) in [5.41, 5.74) is 2.59. The molecule has 0 amide bonds. The summed E-state index contributed by atoms with van der Waals surface area (Å²) in [6.07, 6.45) is 3.08. The highest BCUT2D eigenvalue weighted by Gasteiger charge is 2.23. The van der Waals surface area contributed by atoms with Crippen LogP contribution in [0.2, 0.25) is 0 Å². The standard InChI is InChI=1S/C21H25NO3.ClH/c23-21(24)7-4-13-22-14-12-20(16-22)25-19-10-8-18(9-11-19)15-17-5-2-1-3-6-17;/h1-3,5-6,8-11,20H,4,7,12-16H2,(H,23,24);1H. The summed E-state index contributed by atoms with van der Waals surface area (Å²) in [5, 5.41) is 8.71. The third kappa shape index (κ3) is 6.36. The fourth-order valence-electron chi connectivity index (χ4n) is 3.26. The lowest BCUT2D eigenvalue weighted by atomic mass is 10.1. The molecule has 2 aromatic rings. The Morgan fingerprint density at radius 1 is 1.08 bits per heavy atom. The number of aliphatic carboxylic acids is 1. The van der Waals surface area contributed by atoms with E-state index in [2.05, 4.69) is 41.3 Å². The van der Waals surface area contributed by atoms with Crippen molar-refractivity contribution in [3.63, 3.8) is 0 Å². The molecule has 26 heavy (non-hydrogen) atoms. The summed E-state index contributed by atoms with van der Waals surface area (Å²) >= 11 is 0. The summed E-state index contributed by atoms with van der Waals surface area (Å²) in [4.78, 5) is 12.9. The zero-order valence-electron chi connectivity index (χ0n) is 14.8. The van der Waals surface area contributed by atoms with E-state index < -0.39 is 5.97 Å². The Kier molecular flexibility index (Phi) is 7.95. The molecule has 5 heteroatoms. The molecule has 2 aromatic carbocycles. The second-order valence-corrected chi connectivity index (χ2v) is 6.63. The number of hydrogen-bond acceptors (Lipinski definition) is 3. The summed E-state index contributed by atoms with van der Waals surface area (Å²) in [6.45, 7) is 2.70. The van der Waals surface area contributed by atoms with Gasteiger partial charge in [0.25, 0.3) is 0 Å². The Bertz CT molecular complexity index is 675. The third-order valence-electron chi connectivity index (χ3n) is 4.57. The molecule has 0 aliphatic carbocycles. The van der Waals surface area contributed by atoms with Crippen LogP contribution in [0.5, 0.6) is 5.75 Å². The molecule has 1 aliphatic heterocycles. The molecule has 1 aliphatic rings. The Morgan fingerprint density at radius 3 is 2.46 bits per heavy atom. The van der Waals surface area contributed by atoms with Crippen LogP contribution in [0.4, 0.5) is 0 Å². The Labute approximate surface area is 161 Å². The first-order valence-corrected chi connectivity index (χ1v) is 8.93. The maximum absolute atomic E-state index is 10.6. The van der Waals surface area contributed by atoms with Gasteiger partial charge in [0.2, 0.25) is 0 Å². The zero-order valence-corrected chi connectivity index (χ0v) is 15.7. The van der Waals surface area contributed by atoms with Gasteiger partial charge >= 0.3 is 5.97 Å². The number of benzene rings is 2. The van der Waals surface area contributed by atoms with Gasteiger partial charge in [-0.25, -0.2) is 0 Å². The molecule has 0 saturated carbocycles. The van der Waals surface area contributed by atoms with Crippen molar-refractivity contribution >= 4 is 18.4 Å². The van der Waals surface area contributed by atoms with Crippen molar-refractivity contribution in [2.75, 3.05) is 19.6 Å². The summed E-state index contributed by atoms with van der Waals surface area (Å²) in [6, 6.07) is 18.8. The fourth-order valence-corrected chi connectivity index (χ4v) is 3.26. The van der Waals surface area contributed by atoms with Crippen LogP contribution >= 0.6 is 12.4 Å². The number of ether oxygens (including phenoxy) is 1. The molecule has 1 fully saturated rings. The SMILES string of the molecule is Cl.O=C(O)CCCN1CCC(Oc2ccc(Cc3ccccc3)cc2)C1. The van der Waals surface area contributed by atoms with Gasteiger partial charge < -0.3 is 9.84 Å². The summed E-state index contributed by atoms with van der Waals surface area (Å²) < 4.78 is 6.08. The minimum atomic E-state index is -0.720. The monoisotopic (exact) mass is 375 g/mol. The van der Waals surface area contributed by atoms with E-state index >= 15 is 0 Å². The Hall–Kier alpha value is -2.04. The van der Waals surface area contributed by atoms with Gasteiger partial charge in [-0.15, -0.1) is 12.4 Å². The summed E-state index contributed by atoms with van der Waals surface area (Å²) in [5.74, 6) is 0.191. The number of likely N-dealkylation sites (tertiary alicyclic amines) is 1. The highest BCUT2D eigenvalue weighted by Crippen LogP contribution is 2.20. The Balaban J connectivity index is 0.00000243. The predicted molar refractivity (Wildman–Crippen MR) is 105 cm³/mol. The maximum atomic E-state index is 10.6. The molecule has 0 radical (unpaired) electrons. The average molecular weight is 376 g/mol. The number of carbonyl (C=O) groups is 1. The first-order chi connectivity index (χ1) is 12.2. The van der Waals surface area contributed by atoms with E-state index in [0.717, 1.165) is 38.2 Å². The van der Waals surface area contributed by atoms with E-state index in [0.29, 0.717) is 6.42 Å². The lowest BCUT2D eigenvalue weighted by Gasteiger charge is -2.16. The van der Waals surface area contributed by atoms with Crippen molar-refractivity contribution in [1.29, 1.82) is 0 Å². The number of hydrogen-bond donors (Lipinski definition) is 1. The highest BCUT2D eigenvalue weighted by atomic mass is 35.5. The van der Waals surface area contributed by atoms with E-state index in [4.69, 9.17) is 9.84 Å². The average Bonchev–Trinajstić information content (AvgIpc) is 3.05. The van der Waals surface area contributed by atoms with Gasteiger partial charge in [-0.1, -0.05) is 42.5 Å². The van der Waals surface area contributed by atoms with E-state index in [-0.39, 0.29) is 24.9 Å². The highest BCUT2D eigenvalue weighted by molar-refractivity contribution is 5.85. The fraction of sp³-hybridized carbons (Fsp3) is 0.381. The zero-order chi connectivity index (χ0) is 17.5. The molecule has 1 saturated heterocycles. The van der Waals surface area contributed by atoms with Crippen LogP contribution in [0.25, 0.3) is 0 Å². The quantitative estimate of drug-likeness (QED) is 0.757. The normalized spacial score (nSPS) is 16.8. The van der Waals surface area contributed by atoms with Crippen molar-refractivity contribution in [1.82, 2.24) is 4.90 Å². The molecule has 4 nitrogen and oxygen atoms in total. The first-order valence-electron chi connectivity index (χ1n) is 8.93. The van der Waals surface area contributed by atoms with Crippen LogP contribution in [-0.2, 0) is 11.2 Å². The van der Waals surface area contributed by atoms with Crippen molar-refractivity contribution < 1.29 is 14.6 Å². The van der Waals surface area contributed by atoms with Crippen LogP contribution in [0.15, 0.2) is 54.6 Å². The maximum Gasteiger partial charge on any atom is 0.303 e. The Morgan fingerprint density at radius 2 is 1.77 bits per heavy atom. The summed E-state index contributed by atoms with van der Waals surface area (Å²) in [7, 11) is 0. The minimum Gasteiger partial charge on any atom is -0.489 e. The second kappa shape index (κ2) is 10.2. The number of rotatable bonds is 8. The van der Waals surface area contributed by atoms with Gasteiger partial charge in [-0.2, -0.15) is 0 Å². The molecule has 1 atom stereocenters. The molecule has 0 spiro atoms. The molecular weight excluding hydrogens is 350 g/mol. The lowest BCUT2D eigenvalue weighted by Crippen LogP contribution is -2.26. The molecule has 3 rings (SSSR count). The van der Waals surface area contributed by atoms with Crippen molar-refractivity contribution in [3.8, 4) is 5.75 Å². The van der Waals surface area contributed by atoms with Crippen LogP contribution in [0, 0.1) is 0 Å². The molecule has 0 bridgehead atoms. The molecular formula is C21H26ClNO3. The van der Waals surface area contributed by atoms with E-state index in [9.17, 15) is 4.79 Å². The molecule has 1 N–H and O–H groups in total. The van der Waals surface area contributed by atoms with Crippen LogP contribution in [0.1, 0.15) is 30.4 Å². The van der Waals surface area contributed by atoms with Crippen LogP contribution in [-0.4, -0.2) is 41.7 Å². The first kappa shape index (κ1) is 20.3. The molecule has 1 unspecified atom stereocenters. The number of carboxylic acids is 1. The molecule has 140 valence electrons. The largest absolute Gasteiger partial charge is 0.489 e. The van der Waals surface area contributed by atoms with Crippen LogP contribution < -0.4 is 4.74 Å². The minimum absolute atomic E-state index is 0. The third-order valence-corrected chi connectivity index (χ3v) is 4.57. The van der Waals surface area contributed by atoms with Gasteiger partial charge in [0.1, 0.15) is 11.9 Å². The predicted octanol–water partition coefficient (Wildman–Crippen LogP) is 4.02. The second-order valence-electron chi connectivity index (χ2n) is 6.63.